The predicted molar refractivity (Wildman–Crippen MR) is 47.8 cm³/mol. The third-order valence-electron chi connectivity index (χ3n) is 1.98. The summed E-state index contributed by atoms with van der Waals surface area (Å²) >= 11 is 0. The minimum Gasteiger partial charge on any atom is -0.746 e. The summed E-state index contributed by atoms with van der Waals surface area (Å²) in [5.41, 5.74) is 4.84. The van der Waals surface area contributed by atoms with Gasteiger partial charge in [0, 0.05) is 0 Å². The van der Waals surface area contributed by atoms with Crippen LogP contribution in [0.5, 0.6) is 0 Å². The van der Waals surface area contributed by atoms with E-state index in [1.165, 1.54) is 0 Å². The molecule has 0 fully saturated rings. The molecule has 0 aromatic heterocycles. The van der Waals surface area contributed by atoms with Gasteiger partial charge in [0.25, 0.3) is 0 Å². The Morgan fingerprint density at radius 3 is 2.00 bits per heavy atom. The Bertz CT molecular complexity index is 348. The fourth-order valence-corrected chi connectivity index (χ4v) is 1.41. The number of carbonyl (C=O) groups excluding carboxylic acids is 1. The van der Waals surface area contributed by atoms with Crippen molar-refractivity contribution in [1.29, 1.82) is 0 Å². The van der Waals surface area contributed by atoms with E-state index >= 15 is 0 Å². The second-order valence-electron chi connectivity index (χ2n) is 3.11. The van der Waals surface area contributed by atoms with Gasteiger partial charge in [0.15, 0.2) is 11.2 Å². The first-order chi connectivity index (χ1) is 7.11. The maximum Gasteiger partial charge on any atom is 1.00 e. The van der Waals surface area contributed by atoms with E-state index in [0.717, 1.165) is 0 Å². The monoisotopic (exact) mass is 281 g/mol. The molecule has 0 aliphatic carbocycles. The van der Waals surface area contributed by atoms with E-state index in [1.54, 1.807) is 0 Å². The Labute approximate surface area is 119 Å². The number of aliphatic hydroxyl groups excluding tert-OH is 4. The Kier molecular flexibility index (Phi) is 8.22. The number of nitrogens with two attached hydrogens (primary N) is 1. The zero-order chi connectivity index (χ0) is 13.1. The smallest absolute Gasteiger partial charge is 0.746 e. The largest absolute Gasteiger partial charge is 1.00 e. The second kappa shape index (κ2) is 7.09. The normalized spacial score (nSPS) is 20.6. The number of aliphatic hydroxyl groups is 4. The predicted octanol–water partition coefficient (Wildman–Crippen LogP) is -7.54. The molecule has 0 aromatic carbocycles. The number of carbonyl (C=O) groups is 1. The van der Waals surface area contributed by atoms with Crippen molar-refractivity contribution in [2.75, 3.05) is 6.61 Å². The summed E-state index contributed by atoms with van der Waals surface area (Å²) in [7, 11) is -5.44. The molecule has 0 amide bonds. The summed E-state index contributed by atoms with van der Waals surface area (Å²) in [5.74, 6) is 0. The quantitative estimate of drug-likeness (QED) is 0.179. The molecule has 0 unspecified atom stereocenters. The maximum absolute atomic E-state index is 10.6. The van der Waals surface area contributed by atoms with Crippen molar-refractivity contribution in [3.05, 3.63) is 0 Å². The van der Waals surface area contributed by atoms with E-state index in [-0.39, 0.29) is 29.6 Å². The summed E-state index contributed by atoms with van der Waals surface area (Å²) in [6, 6.07) is 0. The molecule has 0 saturated carbocycles. The molecular weight excluding hydrogens is 269 g/mol. The van der Waals surface area contributed by atoms with Gasteiger partial charge in [-0.05, 0) is 0 Å². The molecule has 96 valence electrons. The van der Waals surface area contributed by atoms with Crippen LogP contribution < -0.4 is 35.3 Å². The summed E-state index contributed by atoms with van der Waals surface area (Å²) in [5, 5.41) is 35.6. The first-order valence-corrected chi connectivity index (χ1v) is 5.38. The van der Waals surface area contributed by atoms with Crippen molar-refractivity contribution >= 4 is 16.4 Å². The van der Waals surface area contributed by atoms with Crippen LogP contribution in [-0.2, 0) is 14.9 Å². The van der Waals surface area contributed by atoms with E-state index in [4.69, 9.17) is 21.1 Å². The van der Waals surface area contributed by atoms with Gasteiger partial charge < -0.3 is 35.5 Å². The van der Waals surface area contributed by atoms with Gasteiger partial charge in [-0.1, -0.05) is 0 Å². The van der Waals surface area contributed by atoms with Gasteiger partial charge in [-0.25, -0.2) is 8.42 Å². The van der Waals surface area contributed by atoms with Gasteiger partial charge in [-0.2, -0.15) is 0 Å². The molecule has 6 N–H and O–H groups in total. The molecular formula is C6H12NNaO8S. The third kappa shape index (κ3) is 4.21. The van der Waals surface area contributed by atoms with E-state index in [2.05, 4.69) is 0 Å². The molecule has 4 atom stereocenters. The maximum atomic E-state index is 10.6. The first kappa shape index (κ1) is 19.7. The molecule has 0 bridgehead atoms. The fraction of sp³-hybridized carbons (Fsp3) is 0.833. The zero-order valence-corrected chi connectivity index (χ0v) is 11.7. The molecule has 17 heavy (non-hydrogen) atoms. The molecule has 0 aromatic rings. The van der Waals surface area contributed by atoms with Crippen molar-refractivity contribution in [3.8, 4) is 0 Å². The molecule has 11 heteroatoms. The van der Waals surface area contributed by atoms with Crippen molar-refractivity contribution in [3.63, 3.8) is 0 Å². The van der Waals surface area contributed by atoms with Crippen molar-refractivity contribution in [2.24, 2.45) is 5.73 Å². The van der Waals surface area contributed by atoms with Crippen LogP contribution >= 0.6 is 0 Å². The number of rotatable bonds is 6. The SMILES string of the molecule is N[C@@](C=O)([C@@H](O)[C@H](O)[C@H](O)CO)S(=O)(=O)[O-].[Na+]. The van der Waals surface area contributed by atoms with Crippen LogP contribution in [0.4, 0.5) is 0 Å². The minimum atomic E-state index is -5.44. The Hall–Kier alpha value is 0.380. The topological polar surface area (TPSA) is 181 Å². The van der Waals surface area contributed by atoms with Gasteiger partial charge in [0.1, 0.15) is 28.4 Å². The minimum absolute atomic E-state index is 0. The van der Waals surface area contributed by atoms with Crippen LogP contribution in [0.15, 0.2) is 0 Å². The van der Waals surface area contributed by atoms with Gasteiger partial charge >= 0.3 is 29.6 Å². The summed E-state index contributed by atoms with van der Waals surface area (Å²) < 4.78 is 31.8. The molecule has 0 heterocycles. The van der Waals surface area contributed by atoms with Crippen LogP contribution in [0.25, 0.3) is 0 Å². The van der Waals surface area contributed by atoms with E-state index in [1.807, 2.05) is 0 Å². The molecule has 0 aliphatic rings. The molecule has 0 saturated heterocycles. The van der Waals surface area contributed by atoms with Crippen LogP contribution in [0.2, 0.25) is 0 Å². The van der Waals surface area contributed by atoms with Crippen LogP contribution in [0.3, 0.4) is 0 Å². The third-order valence-corrected chi connectivity index (χ3v) is 3.19. The Morgan fingerprint density at radius 1 is 1.35 bits per heavy atom. The average Bonchev–Trinajstić information content (AvgIpc) is 2.22. The summed E-state index contributed by atoms with van der Waals surface area (Å²) in [6.45, 7) is -1.02. The van der Waals surface area contributed by atoms with E-state index in [0.29, 0.717) is 0 Å². The van der Waals surface area contributed by atoms with Crippen molar-refractivity contribution < 1.29 is 67.7 Å². The number of aldehydes is 1. The zero-order valence-electron chi connectivity index (χ0n) is 8.92. The van der Waals surface area contributed by atoms with Crippen LogP contribution in [-0.4, -0.2) is 69.5 Å². The first-order valence-electron chi connectivity index (χ1n) is 3.97. The second-order valence-corrected chi connectivity index (χ2v) is 4.73. The molecule has 0 aliphatic heterocycles. The Morgan fingerprint density at radius 2 is 1.76 bits per heavy atom. The number of hydrogen-bond acceptors (Lipinski definition) is 9. The van der Waals surface area contributed by atoms with E-state index in [9.17, 15) is 22.9 Å². The van der Waals surface area contributed by atoms with Crippen molar-refractivity contribution in [2.45, 2.75) is 23.2 Å². The van der Waals surface area contributed by atoms with Crippen molar-refractivity contribution in [1.82, 2.24) is 0 Å². The average molecular weight is 281 g/mol. The summed E-state index contributed by atoms with van der Waals surface area (Å²) in [4.78, 5) is 7.12. The fourth-order valence-electron chi connectivity index (χ4n) is 0.862. The Balaban J connectivity index is 0. The molecule has 9 nitrogen and oxygen atoms in total. The van der Waals surface area contributed by atoms with Gasteiger partial charge in [-0.15, -0.1) is 0 Å². The summed E-state index contributed by atoms with van der Waals surface area (Å²) in [6.07, 6.45) is -7.31. The standard InChI is InChI=1S/C6H13NO8S.Na/c7-6(2-9,16(13,14)15)5(12)4(11)3(10)1-8;/h2-5,8,10-12H,1,7H2,(H,13,14,15);/q;+1/p-1/t3-,4-,5+,6-;/m1./s1. The van der Waals surface area contributed by atoms with Gasteiger partial charge in [0.2, 0.25) is 0 Å². The number of hydrogen-bond donors (Lipinski definition) is 5. The molecule has 0 radical (unpaired) electrons. The van der Waals surface area contributed by atoms with Gasteiger partial charge in [-0.3, -0.25) is 0 Å². The molecule has 0 rings (SSSR count). The molecule has 0 spiro atoms. The van der Waals surface area contributed by atoms with E-state index < -0.39 is 46.2 Å². The van der Waals surface area contributed by atoms with Crippen LogP contribution in [0, 0.1) is 0 Å². The van der Waals surface area contributed by atoms with Crippen LogP contribution in [0.1, 0.15) is 0 Å². The van der Waals surface area contributed by atoms with Gasteiger partial charge in [0.05, 0.1) is 6.61 Å².